The summed E-state index contributed by atoms with van der Waals surface area (Å²) in [4.78, 5) is 16.8. The lowest BCUT2D eigenvalue weighted by Crippen LogP contribution is -2.24. The molecule has 122 valence electrons. The van der Waals surface area contributed by atoms with Gasteiger partial charge in [-0.25, -0.2) is 9.37 Å². The minimum absolute atomic E-state index is 0.260. The Morgan fingerprint density at radius 1 is 1.21 bits per heavy atom. The van der Waals surface area contributed by atoms with Crippen molar-refractivity contribution in [1.29, 1.82) is 0 Å². The molecule has 1 aromatic heterocycles. The second-order valence-corrected chi connectivity index (χ2v) is 5.75. The fourth-order valence-electron chi connectivity index (χ4n) is 2.57. The van der Waals surface area contributed by atoms with Crippen LogP contribution in [0.2, 0.25) is 0 Å². The van der Waals surface area contributed by atoms with Crippen LogP contribution in [0.3, 0.4) is 0 Å². The van der Waals surface area contributed by atoms with Gasteiger partial charge in [-0.15, -0.1) is 0 Å². The third-order valence-electron chi connectivity index (χ3n) is 3.68. The van der Waals surface area contributed by atoms with Gasteiger partial charge in [0.1, 0.15) is 11.6 Å². The van der Waals surface area contributed by atoms with E-state index in [9.17, 15) is 9.18 Å². The van der Waals surface area contributed by atoms with Gasteiger partial charge in [0.25, 0.3) is 5.91 Å². The number of nitrogens with one attached hydrogen (secondary N) is 1. The number of amides is 1. The van der Waals surface area contributed by atoms with E-state index in [0.29, 0.717) is 12.1 Å². The monoisotopic (exact) mass is 323 g/mol. The predicted molar refractivity (Wildman–Crippen MR) is 92.1 cm³/mol. The second kappa shape index (κ2) is 6.66. The Bertz CT molecular complexity index is 897. The molecule has 0 bridgehead atoms. The summed E-state index contributed by atoms with van der Waals surface area (Å²) in [5.41, 5.74) is 3.31. The molecule has 3 rings (SSSR count). The molecule has 1 amide bonds. The van der Waals surface area contributed by atoms with E-state index in [2.05, 4.69) is 16.9 Å². The van der Waals surface area contributed by atoms with Crippen LogP contribution in [0.1, 0.15) is 23.1 Å². The largest absolute Gasteiger partial charge is 0.345 e. The van der Waals surface area contributed by atoms with Crippen LogP contribution in [0.4, 0.5) is 4.39 Å². The number of para-hydroxylation sites is 2. The number of rotatable bonds is 5. The maximum Gasteiger partial charge on any atom is 0.251 e. The fourth-order valence-corrected chi connectivity index (χ4v) is 2.57. The standard InChI is InChI=1S/C19H18FN3O/c1-13(2)12-23-17-6-4-3-5-16(17)22-18(23)11-21-19(24)14-7-9-15(20)10-8-14/h3-10H,1,11-12H2,2H3,(H,21,24). The zero-order valence-electron chi connectivity index (χ0n) is 13.4. The zero-order chi connectivity index (χ0) is 17.1. The molecular formula is C19H18FN3O. The third-order valence-corrected chi connectivity index (χ3v) is 3.68. The molecular weight excluding hydrogens is 305 g/mol. The van der Waals surface area contributed by atoms with Crippen LogP contribution in [0.15, 0.2) is 60.7 Å². The van der Waals surface area contributed by atoms with Crippen LogP contribution in [-0.2, 0) is 13.1 Å². The zero-order valence-corrected chi connectivity index (χ0v) is 13.4. The summed E-state index contributed by atoms with van der Waals surface area (Å²) >= 11 is 0. The van der Waals surface area contributed by atoms with E-state index in [-0.39, 0.29) is 18.3 Å². The van der Waals surface area contributed by atoms with Crippen molar-refractivity contribution in [2.45, 2.75) is 20.0 Å². The van der Waals surface area contributed by atoms with E-state index in [1.165, 1.54) is 24.3 Å². The highest BCUT2D eigenvalue weighted by atomic mass is 19.1. The van der Waals surface area contributed by atoms with E-state index in [1.54, 1.807) is 0 Å². The Labute approximate surface area is 139 Å². The van der Waals surface area contributed by atoms with E-state index in [0.717, 1.165) is 22.4 Å². The van der Waals surface area contributed by atoms with Crippen LogP contribution in [0.25, 0.3) is 11.0 Å². The Morgan fingerprint density at radius 2 is 1.92 bits per heavy atom. The highest BCUT2D eigenvalue weighted by molar-refractivity contribution is 5.94. The van der Waals surface area contributed by atoms with Crippen LogP contribution in [0, 0.1) is 5.82 Å². The molecule has 4 nitrogen and oxygen atoms in total. The lowest BCUT2D eigenvalue weighted by Gasteiger charge is -2.10. The van der Waals surface area contributed by atoms with E-state index in [4.69, 9.17) is 0 Å². The molecule has 5 heteroatoms. The van der Waals surface area contributed by atoms with Gasteiger partial charge in [-0.2, -0.15) is 0 Å². The maximum absolute atomic E-state index is 12.9. The summed E-state index contributed by atoms with van der Waals surface area (Å²) < 4.78 is 15.0. The first-order chi connectivity index (χ1) is 11.5. The number of carbonyl (C=O) groups is 1. The van der Waals surface area contributed by atoms with Crippen molar-refractivity contribution in [3.63, 3.8) is 0 Å². The molecule has 0 radical (unpaired) electrons. The molecule has 0 saturated carbocycles. The van der Waals surface area contributed by atoms with Crippen LogP contribution < -0.4 is 5.32 Å². The third kappa shape index (κ3) is 3.35. The molecule has 0 aliphatic carbocycles. The maximum atomic E-state index is 12.9. The van der Waals surface area contributed by atoms with Gasteiger partial charge in [0.15, 0.2) is 0 Å². The quantitative estimate of drug-likeness (QED) is 0.728. The predicted octanol–water partition coefficient (Wildman–Crippen LogP) is 3.68. The van der Waals surface area contributed by atoms with Gasteiger partial charge in [0.2, 0.25) is 0 Å². The average molecular weight is 323 g/mol. The number of hydrogen-bond donors (Lipinski definition) is 1. The number of halogens is 1. The first-order valence-corrected chi connectivity index (χ1v) is 7.67. The van der Waals surface area contributed by atoms with Crippen molar-refractivity contribution < 1.29 is 9.18 Å². The molecule has 0 aliphatic rings. The summed E-state index contributed by atoms with van der Waals surface area (Å²) in [5.74, 6) is 0.133. The minimum atomic E-state index is -0.366. The van der Waals surface area contributed by atoms with Crippen LogP contribution in [0.5, 0.6) is 0 Å². The molecule has 0 atom stereocenters. The van der Waals surface area contributed by atoms with Crippen molar-refractivity contribution in [3.05, 3.63) is 77.9 Å². The SMILES string of the molecule is C=C(C)Cn1c(CNC(=O)c2ccc(F)cc2)nc2ccccc21. The molecule has 0 unspecified atom stereocenters. The number of fused-ring (bicyclic) bond motifs is 1. The molecule has 0 fully saturated rings. The number of carbonyl (C=O) groups excluding carboxylic acids is 1. The first-order valence-electron chi connectivity index (χ1n) is 7.67. The Morgan fingerprint density at radius 3 is 2.62 bits per heavy atom. The molecule has 2 aromatic carbocycles. The highest BCUT2D eigenvalue weighted by Crippen LogP contribution is 2.17. The second-order valence-electron chi connectivity index (χ2n) is 5.75. The number of imidazole rings is 1. The minimum Gasteiger partial charge on any atom is -0.345 e. The Hall–Kier alpha value is -2.95. The van der Waals surface area contributed by atoms with E-state index < -0.39 is 0 Å². The molecule has 0 saturated heterocycles. The number of allylic oxidation sites excluding steroid dienone is 1. The molecule has 0 aliphatic heterocycles. The summed E-state index contributed by atoms with van der Waals surface area (Å²) in [6.45, 7) is 6.84. The van der Waals surface area contributed by atoms with Gasteiger partial charge in [0, 0.05) is 12.1 Å². The van der Waals surface area contributed by atoms with Crippen LogP contribution >= 0.6 is 0 Å². The summed E-state index contributed by atoms with van der Waals surface area (Å²) in [6.07, 6.45) is 0. The van der Waals surface area contributed by atoms with Crippen molar-refractivity contribution in [1.82, 2.24) is 14.9 Å². The fraction of sp³-hybridized carbons (Fsp3) is 0.158. The Kier molecular flexibility index (Phi) is 4.42. The average Bonchev–Trinajstić information content (AvgIpc) is 2.90. The van der Waals surface area contributed by atoms with Gasteiger partial charge in [-0.3, -0.25) is 4.79 Å². The van der Waals surface area contributed by atoms with Gasteiger partial charge in [-0.05, 0) is 43.3 Å². The normalized spacial score (nSPS) is 10.8. The van der Waals surface area contributed by atoms with Gasteiger partial charge >= 0.3 is 0 Å². The van der Waals surface area contributed by atoms with Crippen LogP contribution in [-0.4, -0.2) is 15.5 Å². The van der Waals surface area contributed by atoms with Crippen molar-refractivity contribution >= 4 is 16.9 Å². The van der Waals surface area contributed by atoms with Gasteiger partial charge < -0.3 is 9.88 Å². The lowest BCUT2D eigenvalue weighted by molar-refractivity contribution is 0.0949. The molecule has 3 aromatic rings. The highest BCUT2D eigenvalue weighted by Gasteiger charge is 2.12. The van der Waals surface area contributed by atoms with Gasteiger partial charge in [-0.1, -0.05) is 24.3 Å². The smallest absolute Gasteiger partial charge is 0.251 e. The van der Waals surface area contributed by atoms with E-state index in [1.807, 2.05) is 35.8 Å². The topological polar surface area (TPSA) is 46.9 Å². The number of aromatic nitrogens is 2. The van der Waals surface area contributed by atoms with Crippen molar-refractivity contribution in [2.75, 3.05) is 0 Å². The summed E-state index contributed by atoms with van der Waals surface area (Å²) in [6, 6.07) is 13.3. The molecule has 24 heavy (non-hydrogen) atoms. The summed E-state index contributed by atoms with van der Waals surface area (Å²) in [7, 11) is 0. The summed E-state index contributed by atoms with van der Waals surface area (Å²) in [5, 5.41) is 2.83. The number of hydrogen-bond acceptors (Lipinski definition) is 2. The molecule has 0 spiro atoms. The molecule has 1 N–H and O–H groups in total. The number of nitrogens with zero attached hydrogens (tertiary/aromatic N) is 2. The van der Waals surface area contributed by atoms with Gasteiger partial charge in [0.05, 0.1) is 17.6 Å². The number of benzene rings is 2. The lowest BCUT2D eigenvalue weighted by atomic mass is 10.2. The van der Waals surface area contributed by atoms with Crippen molar-refractivity contribution in [2.24, 2.45) is 0 Å². The Balaban J connectivity index is 1.82. The first kappa shape index (κ1) is 15.9. The van der Waals surface area contributed by atoms with Crippen molar-refractivity contribution in [3.8, 4) is 0 Å². The van der Waals surface area contributed by atoms with E-state index >= 15 is 0 Å². The molecule has 1 heterocycles.